The van der Waals surface area contributed by atoms with Gasteiger partial charge in [-0.2, -0.15) is 5.10 Å². The van der Waals surface area contributed by atoms with Gasteiger partial charge in [-0.3, -0.25) is 30.0 Å². The first-order valence-electron chi connectivity index (χ1n) is 12.0. The summed E-state index contributed by atoms with van der Waals surface area (Å²) in [5.74, 6) is -1.04. The van der Waals surface area contributed by atoms with Crippen LogP contribution in [0, 0.1) is 0 Å². The number of aryl methyl sites for hydroxylation is 1. The minimum atomic E-state index is -0.616. The van der Waals surface area contributed by atoms with Crippen molar-refractivity contribution in [2.24, 2.45) is 0 Å². The van der Waals surface area contributed by atoms with E-state index in [-0.39, 0.29) is 17.2 Å². The minimum Gasteiger partial charge on any atom is -0.312 e. The molecule has 0 atom stereocenters. The van der Waals surface area contributed by atoms with Crippen LogP contribution < -0.4 is 21.3 Å². The third-order valence-corrected chi connectivity index (χ3v) is 6.11. The van der Waals surface area contributed by atoms with Crippen molar-refractivity contribution in [2.75, 3.05) is 11.4 Å². The molecule has 9 nitrogen and oxygen atoms in total. The van der Waals surface area contributed by atoms with Crippen molar-refractivity contribution in [3.05, 3.63) is 70.1 Å². The minimum absolute atomic E-state index is 0.0657. The zero-order valence-electron chi connectivity index (χ0n) is 19.8. The molecule has 0 saturated carbocycles. The van der Waals surface area contributed by atoms with Crippen LogP contribution in [0.3, 0.4) is 0 Å². The normalized spacial score (nSPS) is 13.6. The number of fused-ring (bicyclic) bond motifs is 1. The van der Waals surface area contributed by atoms with Gasteiger partial charge in [-0.1, -0.05) is 38.0 Å². The number of unbranched alkanes of at least 4 members (excludes halogenated alkanes) is 2. The number of piperidine rings is 1. The number of anilines is 1. The first-order chi connectivity index (χ1) is 17.0. The van der Waals surface area contributed by atoms with E-state index in [0.29, 0.717) is 35.8 Å². The van der Waals surface area contributed by atoms with Gasteiger partial charge in [0.1, 0.15) is 0 Å². The molecule has 1 aliphatic rings. The number of hydrazine groups is 1. The van der Waals surface area contributed by atoms with Crippen LogP contribution >= 0.6 is 0 Å². The first-order valence-corrected chi connectivity index (χ1v) is 12.0. The zero-order chi connectivity index (χ0) is 24.8. The molecule has 1 fully saturated rings. The van der Waals surface area contributed by atoms with E-state index in [9.17, 15) is 19.2 Å². The molecule has 182 valence electrons. The van der Waals surface area contributed by atoms with Crippen LogP contribution in [-0.2, 0) is 11.3 Å². The summed E-state index contributed by atoms with van der Waals surface area (Å²) in [7, 11) is 0. The van der Waals surface area contributed by atoms with Gasteiger partial charge < -0.3 is 4.90 Å². The van der Waals surface area contributed by atoms with Crippen molar-refractivity contribution < 1.29 is 14.4 Å². The van der Waals surface area contributed by atoms with Gasteiger partial charge in [-0.25, -0.2) is 4.68 Å². The van der Waals surface area contributed by atoms with Crippen molar-refractivity contribution in [3.63, 3.8) is 0 Å². The lowest BCUT2D eigenvalue weighted by molar-refractivity contribution is -0.119. The van der Waals surface area contributed by atoms with E-state index in [2.05, 4.69) is 22.9 Å². The molecule has 1 aromatic heterocycles. The number of amides is 3. The monoisotopic (exact) mass is 475 g/mol. The van der Waals surface area contributed by atoms with Gasteiger partial charge in [-0.15, -0.1) is 0 Å². The van der Waals surface area contributed by atoms with Crippen molar-refractivity contribution in [3.8, 4) is 0 Å². The van der Waals surface area contributed by atoms with Crippen molar-refractivity contribution >= 4 is 34.2 Å². The Kier molecular flexibility index (Phi) is 7.54. The first kappa shape index (κ1) is 24.1. The molecule has 0 spiro atoms. The van der Waals surface area contributed by atoms with E-state index >= 15 is 0 Å². The smallest absolute Gasteiger partial charge is 0.290 e. The molecule has 1 aliphatic heterocycles. The Morgan fingerprint density at radius 2 is 1.63 bits per heavy atom. The summed E-state index contributed by atoms with van der Waals surface area (Å²) in [5.41, 5.74) is 5.72. The molecule has 4 rings (SSSR count). The van der Waals surface area contributed by atoms with Gasteiger partial charge in [0.25, 0.3) is 17.4 Å². The number of nitrogens with zero attached hydrogens (tertiary/aromatic N) is 3. The molecule has 35 heavy (non-hydrogen) atoms. The lowest BCUT2D eigenvalue weighted by Crippen LogP contribution is -2.42. The predicted octanol–water partition coefficient (Wildman–Crippen LogP) is 3.18. The molecule has 2 N–H and O–H groups in total. The van der Waals surface area contributed by atoms with Crippen molar-refractivity contribution in [2.45, 2.75) is 52.0 Å². The Morgan fingerprint density at radius 1 is 0.914 bits per heavy atom. The summed E-state index contributed by atoms with van der Waals surface area (Å²) in [6.07, 6.45) is 5.10. The second-order valence-corrected chi connectivity index (χ2v) is 8.59. The summed E-state index contributed by atoms with van der Waals surface area (Å²) in [6, 6.07) is 13.5. The van der Waals surface area contributed by atoms with E-state index in [1.807, 2.05) is 0 Å². The summed E-state index contributed by atoms with van der Waals surface area (Å²) >= 11 is 0. The highest BCUT2D eigenvalue weighted by Crippen LogP contribution is 2.21. The number of aromatic nitrogens is 2. The SMILES string of the molecule is CCCCCn1nc(C(=O)NNC(=O)c2ccc(N3CCCCC3=O)cc2)c2ccccc2c1=O. The summed E-state index contributed by atoms with van der Waals surface area (Å²) in [5, 5.41) is 5.12. The van der Waals surface area contributed by atoms with Gasteiger partial charge in [-0.05, 0) is 49.6 Å². The van der Waals surface area contributed by atoms with Crippen LogP contribution in [0.4, 0.5) is 5.69 Å². The Hall–Kier alpha value is -4.01. The maximum atomic E-state index is 12.9. The highest BCUT2D eigenvalue weighted by Gasteiger charge is 2.20. The van der Waals surface area contributed by atoms with Crippen LogP contribution in [0.2, 0.25) is 0 Å². The van der Waals surface area contributed by atoms with Crippen LogP contribution in [0.1, 0.15) is 66.3 Å². The Bertz CT molecular complexity index is 1300. The summed E-state index contributed by atoms with van der Waals surface area (Å²) in [4.78, 5) is 52.2. The van der Waals surface area contributed by atoms with E-state index in [4.69, 9.17) is 0 Å². The van der Waals surface area contributed by atoms with Crippen LogP contribution in [0.15, 0.2) is 53.3 Å². The number of carbonyl (C=O) groups is 3. The third-order valence-electron chi connectivity index (χ3n) is 6.11. The fraction of sp³-hybridized carbons (Fsp3) is 0.346. The van der Waals surface area contributed by atoms with E-state index in [1.54, 1.807) is 53.4 Å². The van der Waals surface area contributed by atoms with Crippen LogP contribution in [0.5, 0.6) is 0 Å². The predicted molar refractivity (Wildman–Crippen MR) is 133 cm³/mol. The number of benzene rings is 2. The molecule has 3 amide bonds. The van der Waals surface area contributed by atoms with Crippen molar-refractivity contribution in [1.29, 1.82) is 0 Å². The molecular weight excluding hydrogens is 446 g/mol. The van der Waals surface area contributed by atoms with E-state index in [0.717, 1.165) is 37.8 Å². The third kappa shape index (κ3) is 5.40. The van der Waals surface area contributed by atoms with Gasteiger partial charge in [0.15, 0.2) is 5.69 Å². The Balaban J connectivity index is 1.47. The zero-order valence-corrected chi connectivity index (χ0v) is 19.8. The van der Waals surface area contributed by atoms with Gasteiger partial charge in [0.05, 0.1) is 5.39 Å². The molecule has 0 bridgehead atoms. The lowest BCUT2D eigenvalue weighted by atomic mass is 10.1. The fourth-order valence-corrected chi connectivity index (χ4v) is 4.18. The molecule has 2 aromatic carbocycles. The average Bonchev–Trinajstić information content (AvgIpc) is 2.89. The van der Waals surface area contributed by atoms with Crippen molar-refractivity contribution in [1.82, 2.24) is 20.6 Å². The van der Waals surface area contributed by atoms with Crippen LogP contribution in [-0.4, -0.2) is 34.0 Å². The lowest BCUT2D eigenvalue weighted by Gasteiger charge is -2.26. The van der Waals surface area contributed by atoms with Gasteiger partial charge in [0.2, 0.25) is 5.91 Å². The maximum absolute atomic E-state index is 12.9. The Morgan fingerprint density at radius 3 is 2.34 bits per heavy atom. The molecule has 3 aromatic rings. The highest BCUT2D eigenvalue weighted by atomic mass is 16.2. The number of hydrogen-bond donors (Lipinski definition) is 2. The number of carbonyl (C=O) groups excluding carboxylic acids is 3. The number of nitrogens with one attached hydrogen (secondary N) is 2. The van der Waals surface area contributed by atoms with E-state index in [1.165, 1.54) is 4.68 Å². The quantitative estimate of drug-likeness (QED) is 0.403. The maximum Gasteiger partial charge on any atom is 0.290 e. The molecular formula is C26H29N5O4. The molecule has 9 heteroatoms. The fourth-order valence-electron chi connectivity index (χ4n) is 4.18. The molecule has 2 heterocycles. The second-order valence-electron chi connectivity index (χ2n) is 8.59. The number of rotatable bonds is 7. The average molecular weight is 476 g/mol. The largest absolute Gasteiger partial charge is 0.312 e. The van der Waals surface area contributed by atoms with Gasteiger partial charge in [0, 0.05) is 36.1 Å². The number of hydrogen-bond acceptors (Lipinski definition) is 5. The summed E-state index contributed by atoms with van der Waals surface area (Å²) < 4.78 is 1.31. The second kappa shape index (κ2) is 10.9. The van der Waals surface area contributed by atoms with Crippen LogP contribution in [0.25, 0.3) is 10.8 Å². The van der Waals surface area contributed by atoms with Gasteiger partial charge >= 0.3 is 0 Å². The molecule has 1 saturated heterocycles. The standard InChI is InChI=1S/C26H29N5O4/c1-2-3-7-17-31-26(35)21-10-5-4-9-20(21)23(29-31)25(34)28-27-24(33)18-12-14-19(15-13-18)30-16-8-6-11-22(30)32/h4-5,9-10,12-15H,2-3,6-8,11,16-17H2,1H3,(H,27,33)(H,28,34). The molecule has 0 aliphatic carbocycles. The van der Waals surface area contributed by atoms with E-state index < -0.39 is 11.8 Å². The highest BCUT2D eigenvalue weighted by molar-refractivity contribution is 6.06. The topological polar surface area (TPSA) is 113 Å². The summed E-state index contributed by atoms with van der Waals surface area (Å²) in [6.45, 7) is 3.15. The Labute approximate surface area is 203 Å². The molecule has 0 unspecified atom stereocenters. The molecule has 0 radical (unpaired) electrons.